The molecule has 0 radical (unpaired) electrons. The van der Waals surface area contributed by atoms with Crippen LogP contribution in [-0.2, 0) is 9.53 Å². The second-order valence-electron chi connectivity index (χ2n) is 5.72. The Hall–Kier alpha value is -1.59. The Kier molecular flexibility index (Phi) is 6.68. The minimum Gasteiger partial charge on any atom is -0.495 e. The largest absolute Gasteiger partial charge is 0.495 e. The number of quaternary nitrogens is 1. The van der Waals surface area contributed by atoms with E-state index in [9.17, 15) is 4.79 Å². The van der Waals surface area contributed by atoms with Crippen LogP contribution in [0.4, 0.5) is 5.69 Å². The fourth-order valence-corrected chi connectivity index (χ4v) is 2.80. The second kappa shape index (κ2) is 8.76. The van der Waals surface area contributed by atoms with Gasteiger partial charge in [0.1, 0.15) is 18.4 Å². The summed E-state index contributed by atoms with van der Waals surface area (Å²) < 4.78 is 11.0. The molecule has 122 valence electrons. The van der Waals surface area contributed by atoms with Crippen molar-refractivity contribution in [3.63, 3.8) is 0 Å². The first-order valence-electron chi connectivity index (χ1n) is 8.11. The van der Waals surface area contributed by atoms with Crippen LogP contribution >= 0.6 is 0 Å². The van der Waals surface area contributed by atoms with Crippen molar-refractivity contribution in [1.29, 1.82) is 0 Å². The van der Waals surface area contributed by atoms with Crippen molar-refractivity contribution in [3.05, 3.63) is 24.3 Å². The summed E-state index contributed by atoms with van der Waals surface area (Å²) in [7, 11) is 1.61. The first-order valence-corrected chi connectivity index (χ1v) is 8.11. The van der Waals surface area contributed by atoms with Crippen molar-refractivity contribution < 1.29 is 19.2 Å². The number of hydrogen-bond donors (Lipinski definition) is 2. The monoisotopic (exact) mass is 307 g/mol. The van der Waals surface area contributed by atoms with Crippen LogP contribution in [0.5, 0.6) is 5.75 Å². The topological polar surface area (TPSA) is 52.0 Å². The molecule has 2 rings (SSSR count). The molecular formula is C17H27N2O3+. The molecule has 1 fully saturated rings. The lowest BCUT2D eigenvalue weighted by atomic mass is 10.1. The lowest BCUT2D eigenvalue weighted by Gasteiger charge is -2.26. The quantitative estimate of drug-likeness (QED) is 0.793. The summed E-state index contributed by atoms with van der Waals surface area (Å²) in [6.07, 6.45) is 3.79. The van der Waals surface area contributed by atoms with E-state index in [0.717, 1.165) is 38.2 Å². The van der Waals surface area contributed by atoms with E-state index in [4.69, 9.17) is 9.47 Å². The normalized spacial score (nSPS) is 19.5. The summed E-state index contributed by atoms with van der Waals surface area (Å²) in [6, 6.07) is 7.47. The number of ether oxygens (including phenoxy) is 2. The number of carbonyl (C=O) groups excluding carboxylic acids is 1. The minimum absolute atomic E-state index is 0.0113. The Morgan fingerprint density at radius 1 is 1.41 bits per heavy atom. The highest BCUT2D eigenvalue weighted by Crippen LogP contribution is 2.22. The zero-order chi connectivity index (χ0) is 15.8. The number of carbonyl (C=O) groups is 1. The third kappa shape index (κ3) is 5.00. The molecule has 0 bridgehead atoms. The molecule has 0 spiro atoms. The molecular weight excluding hydrogens is 280 g/mol. The highest BCUT2D eigenvalue weighted by Gasteiger charge is 2.21. The maximum atomic E-state index is 12.3. The van der Waals surface area contributed by atoms with E-state index in [1.54, 1.807) is 7.11 Å². The molecule has 0 saturated carbocycles. The van der Waals surface area contributed by atoms with Crippen molar-refractivity contribution >= 4 is 11.6 Å². The molecule has 1 heterocycles. The van der Waals surface area contributed by atoms with Crippen LogP contribution in [0.3, 0.4) is 0 Å². The van der Waals surface area contributed by atoms with Crippen LogP contribution in [-0.4, -0.2) is 45.4 Å². The van der Waals surface area contributed by atoms with Crippen molar-refractivity contribution in [3.8, 4) is 5.75 Å². The van der Waals surface area contributed by atoms with Gasteiger partial charge in [0, 0.05) is 6.61 Å². The molecule has 0 aromatic heterocycles. The molecule has 5 heteroatoms. The first-order chi connectivity index (χ1) is 10.7. The standard InChI is InChI=1S/C17H26N2O3/c1-3-19(12-14-8-6-7-11-22-14)13-17(20)18-15-9-4-5-10-16(15)21-2/h4-5,9-10,14H,3,6-8,11-13H2,1-2H3,(H,18,20)/p+1/t14-/m1/s1. The summed E-state index contributed by atoms with van der Waals surface area (Å²) >= 11 is 0. The summed E-state index contributed by atoms with van der Waals surface area (Å²) in [6.45, 7) is 5.23. The number of benzene rings is 1. The van der Waals surface area contributed by atoms with E-state index in [2.05, 4.69) is 12.2 Å². The van der Waals surface area contributed by atoms with E-state index in [1.165, 1.54) is 11.3 Å². The lowest BCUT2D eigenvalue weighted by Crippen LogP contribution is -3.13. The van der Waals surface area contributed by atoms with Gasteiger partial charge in [0.2, 0.25) is 0 Å². The minimum atomic E-state index is 0.0113. The fraction of sp³-hybridized carbons (Fsp3) is 0.588. The Morgan fingerprint density at radius 2 is 2.23 bits per heavy atom. The number of methoxy groups -OCH3 is 1. The summed E-state index contributed by atoms with van der Waals surface area (Å²) in [5, 5.41) is 2.94. The maximum Gasteiger partial charge on any atom is 0.279 e. The summed E-state index contributed by atoms with van der Waals surface area (Å²) in [4.78, 5) is 13.5. The number of hydrogen-bond acceptors (Lipinski definition) is 3. The lowest BCUT2D eigenvalue weighted by molar-refractivity contribution is -0.893. The van der Waals surface area contributed by atoms with E-state index < -0.39 is 0 Å². The zero-order valence-electron chi connectivity index (χ0n) is 13.6. The van der Waals surface area contributed by atoms with Crippen LogP contribution < -0.4 is 15.0 Å². The molecule has 0 aliphatic carbocycles. The molecule has 1 amide bonds. The SMILES string of the molecule is CC[NH+](CC(=O)Nc1ccccc1OC)C[C@H]1CCCCO1. The molecule has 2 N–H and O–H groups in total. The van der Waals surface area contributed by atoms with Crippen molar-refractivity contribution in [1.82, 2.24) is 0 Å². The number of anilines is 1. The van der Waals surface area contributed by atoms with Crippen LogP contribution in [0.15, 0.2) is 24.3 Å². The maximum absolute atomic E-state index is 12.3. The van der Waals surface area contributed by atoms with E-state index in [0.29, 0.717) is 18.4 Å². The average Bonchev–Trinajstić information content (AvgIpc) is 2.55. The van der Waals surface area contributed by atoms with Gasteiger partial charge in [-0.3, -0.25) is 4.79 Å². The van der Waals surface area contributed by atoms with Gasteiger partial charge >= 0.3 is 0 Å². The van der Waals surface area contributed by atoms with Crippen molar-refractivity contribution in [2.24, 2.45) is 0 Å². The van der Waals surface area contributed by atoms with Gasteiger partial charge in [-0.2, -0.15) is 0 Å². The smallest absolute Gasteiger partial charge is 0.279 e. The molecule has 1 saturated heterocycles. The van der Waals surface area contributed by atoms with Gasteiger partial charge in [0.25, 0.3) is 5.91 Å². The van der Waals surface area contributed by atoms with Gasteiger partial charge < -0.3 is 19.7 Å². The molecule has 1 aliphatic rings. The molecule has 1 aliphatic heterocycles. The van der Waals surface area contributed by atoms with Gasteiger partial charge in [-0.15, -0.1) is 0 Å². The molecule has 2 atom stereocenters. The Labute approximate surface area is 132 Å². The van der Waals surface area contributed by atoms with E-state index in [1.807, 2.05) is 24.3 Å². The predicted octanol–water partition coefficient (Wildman–Crippen LogP) is 1.11. The van der Waals surface area contributed by atoms with Crippen LogP contribution in [0.2, 0.25) is 0 Å². The van der Waals surface area contributed by atoms with E-state index >= 15 is 0 Å². The fourth-order valence-electron chi connectivity index (χ4n) is 2.80. The first kappa shape index (κ1) is 16.8. The molecule has 22 heavy (non-hydrogen) atoms. The van der Waals surface area contributed by atoms with Gasteiger partial charge in [-0.1, -0.05) is 12.1 Å². The summed E-state index contributed by atoms with van der Waals surface area (Å²) in [5.41, 5.74) is 0.722. The Balaban J connectivity index is 1.86. The third-order valence-corrected chi connectivity index (χ3v) is 4.08. The van der Waals surface area contributed by atoms with Gasteiger partial charge in [-0.25, -0.2) is 0 Å². The summed E-state index contributed by atoms with van der Waals surface area (Å²) in [5.74, 6) is 0.696. The van der Waals surface area contributed by atoms with Crippen molar-refractivity contribution in [2.75, 3.05) is 38.7 Å². The number of likely N-dealkylation sites (N-methyl/N-ethyl adjacent to an activating group) is 1. The third-order valence-electron chi connectivity index (χ3n) is 4.08. The molecule has 1 unspecified atom stereocenters. The predicted molar refractivity (Wildman–Crippen MR) is 86.5 cm³/mol. The highest BCUT2D eigenvalue weighted by molar-refractivity contribution is 5.92. The van der Waals surface area contributed by atoms with Gasteiger partial charge in [-0.05, 0) is 38.3 Å². The number of rotatable bonds is 7. The molecule has 1 aromatic carbocycles. The highest BCUT2D eigenvalue weighted by atomic mass is 16.5. The zero-order valence-corrected chi connectivity index (χ0v) is 13.6. The molecule has 1 aromatic rings. The average molecular weight is 307 g/mol. The van der Waals surface area contributed by atoms with Crippen molar-refractivity contribution in [2.45, 2.75) is 32.3 Å². The van der Waals surface area contributed by atoms with Crippen LogP contribution in [0.1, 0.15) is 26.2 Å². The van der Waals surface area contributed by atoms with Crippen LogP contribution in [0, 0.1) is 0 Å². The molecule has 5 nitrogen and oxygen atoms in total. The Morgan fingerprint density at radius 3 is 2.91 bits per heavy atom. The second-order valence-corrected chi connectivity index (χ2v) is 5.72. The van der Waals surface area contributed by atoms with Gasteiger partial charge in [0.05, 0.1) is 19.3 Å². The number of amides is 1. The number of para-hydroxylation sites is 2. The Bertz CT molecular complexity index is 473. The van der Waals surface area contributed by atoms with Gasteiger partial charge in [0.15, 0.2) is 6.54 Å². The number of nitrogens with one attached hydrogen (secondary N) is 2. The van der Waals surface area contributed by atoms with Crippen LogP contribution in [0.25, 0.3) is 0 Å². The van der Waals surface area contributed by atoms with E-state index in [-0.39, 0.29) is 5.91 Å².